The lowest BCUT2D eigenvalue weighted by Crippen LogP contribution is -2.65. The maximum absolute atomic E-state index is 14.5. The summed E-state index contributed by atoms with van der Waals surface area (Å²) in [5.74, 6) is -1.51. The van der Waals surface area contributed by atoms with Gasteiger partial charge in [0.05, 0.1) is 29.1 Å². The van der Waals surface area contributed by atoms with E-state index in [-0.39, 0.29) is 43.0 Å². The molecular formula is C47H65N9O6S. The van der Waals surface area contributed by atoms with E-state index in [0.717, 1.165) is 52.0 Å². The van der Waals surface area contributed by atoms with Crippen molar-refractivity contribution < 1.29 is 28.7 Å². The number of likely N-dealkylation sites (tertiary alicyclic amines) is 1. The lowest BCUT2D eigenvalue weighted by Gasteiger charge is -2.45. The number of aliphatic imine (C=N–C) groups is 1. The molecule has 0 unspecified atom stereocenters. The fourth-order valence-corrected chi connectivity index (χ4v) is 10.0. The summed E-state index contributed by atoms with van der Waals surface area (Å²) in [4.78, 5) is 71.5. The number of aromatic nitrogens is 2. The van der Waals surface area contributed by atoms with Crippen molar-refractivity contribution in [3.05, 3.63) is 58.2 Å². The molecular weight excluding hydrogens is 819 g/mol. The largest absolute Gasteiger partial charge is 0.464 e. The third-order valence-electron chi connectivity index (χ3n) is 12.7. The van der Waals surface area contributed by atoms with Gasteiger partial charge in [-0.3, -0.25) is 24.4 Å². The fraction of sp³-hybridized carbons (Fsp3) is 0.574. The van der Waals surface area contributed by atoms with E-state index in [1.807, 2.05) is 33.3 Å². The molecule has 2 aromatic heterocycles. The van der Waals surface area contributed by atoms with Crippen molar-refractivity contribution in [3.63, 3.8) is 0 Å². The number of hydrogen-bond donors (Lipinski definition) is 2. The molecule has 4 aliphatic rings. The Labute approximate surface area is 375 Å². The fourth-order valence-electron chi connectivity index (χ4n) is 9.17. The normalized spacial score (nSPS) is 23.0. The Morgan fingerprint density at radius 1 is 1.16 bits per heavy atom. The van der Waals surface area contributed by atoms with Gasteiger partial charge in [0, 0.05) is 91.5 Å². The molecule has 6 heterocycles. The molecule has 16 heteroatoms. The summed E-state index contributed by atoms with van der Waals surface area (Å²) in [5.41, 5.74) is 8.39. The molecule has 0 aliphatic carbocycles. The average molecular weight is 884 g/mol. The van der Waals surface area contributed by atoms with Crippen LogP contribution in [-0.4, -0.2) is 144 Å². The van der Waals surface area contributed by atoms with Gasteiger partial charge in [0.2, 0.25) is 5.91 Å². The third kappa shape index (κ3) is 10.1. The number of esters is 1. The van der Waals surface area contributed by atoms with Crippen LogP contribution in [0.25, 0.3) is 28.2 Å². The second kappa shape index (κ2) is 19.5. The van der Waals surface area contributed by atoms with Crippen LogP contribution in [0.15, 0.2) is 46.9 Å². The number of allylic oxidation sites excluding steroid dienone is 1. The van der Waals surface area contributed by atoms with E-state index < -0.39 is 35.4 Å². The second-order valence-electron chi connectivity index (χ2n) is 18.7. The minimum Gasteiger partial charge on any atom is -0.464 e. The Bertz CT molecular complexity index is 2250. The molecule has 3 aromatic rings. The molecule has 0 radical (unpaired) electrons. The minimum absolute atomic E-state index is 0.113. The number of thiazole rings is 1. The summed E-state index contributed by atoms with van der Waals surface area (Å²) in [6, 6.07) is 3.80. The van der Waals surface area contributed by atoms with Crippen molar-refractivity contribution in [1.29, 1.82) is 0 Å². The van der Waals surface area contributed by atoms with Gasteiger partial charge in [-0.15, -0.1) is 11.3 Å². The number of likely N-dealkylation sites (N-methyl/N-ethyl adjacent to an activating group) is 2. The minimum atomic E-state index is -1.03. The Balaban J connectivity index is 1.26. The van der Waals surface area contributed by atoms with Crippen LogP contribution in [0.2, 0.25) is 0 Å². The molecule has 3 fully saturated rings. The highest BCUT2D eigenvalue weighted by atomic mass is 32.1. The van der Waals surface area contributed by atoms with E-state index in [0.29, 0.717) is 57.1 Å². The molecule has 4 aliphatic heterocycles. The SMILES string of the molecule is C=CC=N/C(=C/c1c2c3cc(ccc3n1CC)-c1csc(n1)C[C@H](NC(=O)[C@H](C(C)C)N(C)C(=O)N1CC(N(C)C)C1)C(=O)N1CCC[C@H](N1)C(=O)OCC(C)(C)C2)[C@@H]1CCCO1. The molecule has 15 nitrogen and oxygen atoms in total. The summed E-state index contributed by atoms with van der Waals surface area (Å²) in [5, 5.41) is 8.20. The molecule has 3 saturated heterocycles. The number of fused-ring (bicyclic) bond motifs is 6. The summed E-state index contributed by atoms with van der Waals surface area (Å²) in [7, 11) is 5.62. The van der Waals surface area contributed by atoms with Crippen molar-refractivity contribution in [1.82, 2.24) is 40.0 Å². The van der Waals surface area contributed by atoms with Crippen molar-refractivity contribution in [2.24, 2.45) is 16.3 Å². The molecule has 340 valence electrons. The number of hydrogen-bond acceptors (Lipinski definition) is 11. The maximum Gasteiger partial charge on any atom is 0.324 e. The average Bonchev–Trinajstić information content (AvgIpc) is 4.00. The van der Waals surface area contributed by atoms with E-state index in [9.17, 15) is 19.2 Å². The predicted octanol–water partition coefficient (Wildman–Crippen LogP) is 5.53. The molecule has 6 bridgehead atoms. The smallest absolute Gasteiger partial charge is 0.324 e. The van der Waals surface area contributed by atoms with Gasteiger partial charge in [0.15, 0.2) is 0 Å². The second-order valence-corrected chi connectivity index (χ2v) is 19.6. The highest BCUT2D eigenvalue weighted by molar-refractivity contribution is 7.10. The molecule has 4 atom stereocenters. The number of urea groups is 1. The van der Waals surface area contributed by atoms with Gasteiger partial charge in [0.1, 0.15) is 18.1 Å². The van der Waals surface area contributed by atoms with Crippen LogP contribution in [0.3, 0.4) is 0 Å². The van der Waals surface area contributed by atoms with E-state index in [2.05, 4.69) is 71.8 Å². The highest BCUT2D eigenvalue weighted by Gasteiger charge is 2.41. The van der Waals surface area contributed by atoms with Crippen molar-refractivity contribution >= 4 is 58.3 Å². The number of carbonyl (C=O) groups is 4. The lowest BCUT2D eigenvalue weighted by molar-refractivity contribution is -0.155. The van der Waals surface area contributed by atoms with E-state index in [1.165, 1.54) is 21.2 Å². The van der Waals surface area contributed by atoms with Crippen LogP contribution in [0, 0.1) is 11.3 Å². The number of amides is 4. The molecule has 0 saturated carbocycles. The summed E-state index contributed by atoms with van der Waals surface area (Å²) >= 11 is 1.43. The topological polar surface area (TPSA) is 154 Å². The lowest BCUT2D eigenvalue weighted by atomic mass is 9.85. The number of nitrogens with one attached hydrogen (secondary N) is 2. The molecule has 1 aromatic carbocycles. The van der Waals surface area contributed by atoms with Crippen LogP contribution in [-0.2, 0) is 43.2 Å². The van der Waals surface area contributed by atoms with Gasteiger partial charge in [-0.05, 0) is 82.8 Å². The number of aryl methyl sites for hydroxylation is 1. The van der Waals surface area contributed by atoms with Gasteiger partial charge in [-0.1, -0.05) is 46.4 Å². The molecule has 4 amide bonds. The summed E-state index contributed by atoms with van der Waals surface area (Å²) in [6.45, 7) is 17.0. The number of rotatable bonds is 10. The van der Waals surface area contributed by atoms with Gasteiger partial charge >= 0.3 is 12.0 Å². The first-order valence-corrected chi connectivity index (χ1v) is 23.3. The first-order valence-electron chi connectivity index (χ1n) is 22.4. The van der Waals surface area contributed by atoms with Gasteiger partial charge in [-0.2, -0.15) is 0 Å². The van der Waals surface area contributed by atoms with Crippen molar-refractivity contribution in [2.75, 3.05) is 54.0 Å². The number of benzene rings is 1. The summed E-state index contributed by atoms with van der Waals surface area (Å²) in [6.07, 6.45) is 9.03. The zero-order valence-electron chi connectivity index (χ0n) is 38.2. The van der Waals surface area contributed by atoms with Crippen molar-refractivity contribution in [2.45, 2.75) is 110 Å². The number of nitrogens with zero attached hydrogens (tertiary/aromatic N) is 7. The van der Waals surface area contributed by atoms with Crippen LogP contribution < -0.4 is 10.7 Å². The Morgan fingerprint density at radius 3 is 2.62 bits per heavy atom. The van der Waals surface area contributed by atoms with Gasteiger partial charge in [-0.25, -0.2) is 15.2 Å². The molecule has 63 heavy (non-hydrogen) atoms. The summed E-state index contributed by atoms with van der Waals surface area (Å²) < 4.78 is 14.5. The first-order chi connectivity index (χ1) is 30.1. The Morgan fingerprint density at radius 2 is 1.94 bits per heavy atom. The zero-order valence-corrected chi connectivity index (χ0v) is 39.0. The number of hydrazine groups is 1. The maximum atomic E-state index is 14.5. The van der Waals surface area contributed by atoms with Crippen LogP contribution in [0.1, 0.15) is 76.6 Å². The van der Waals surface area contributed by atoms with E-state index in [1.54, 1.807) is 24.2 Å². The third-order valence-corrected chi connectivity index (χ3v) is 13.6. The monoisotopic (exact) mass is 883 g/mol. The van der Waals surface area contributed by atoms with E-state index >= 15 is 0 Å². The van der Waals surface area contributed by atoms with Crippen molar-refractivity contribution in [3.8, 4) is 11.3 Å². The molecule has 0 spiro atoms. The van der Waals surface area contributed by atoms with Crippen LogP contribution in [0.4, 0.5) is 4.79 Å². The highest BCUT2D eigenvalue weighted by Crippen LogP contribution is 2.38. The van der Waals surface area contributed by atoms with Crippen LogP contribution >= 0.6 is 11.3 Å². The predicted molar refractivity (Wildman–Crippen MR) is 247 cm³/mol. The molecule has 2 N–H and O–H groups in total. The van der Waals surface area contributed by atoms with Crippen LogP contribution in [0.5, 0.6) is 0 Å². The Hall–Kier alpha value is -4.90. The van der Waals surface area contributed by atoms with E-state index in [4.69, 9.17) is 19.5 Å². The molecule has 7 rings (SSSR count). The first kappa shape index (κ1) is 46.1. The standard InChI is InChI=1S/C47H65N9O6S/c1-10-18-48-35(40-15-13-20-61-40)22-39-33-24-47(5,6)28-62-45(59)34-14-12-19-56(51-34)44(58)36(23-41-49-37(27-63-41)30-16-17-38(32(33)21-30)55(39)11-2)50-43(57)42(29(3)4)53(9)46(60)54-25-31(26-54)52(7)8/h10,16-18,21-22,27,29,31,34,36,40,42,51H,1,11-15,19-20,23-26,28H2,2-9H3,(H,50,57)/b35-22+,48-18?/t34-,36-,40-,42-/m0/s1. The van der Waals surface area contributed by atoms with Gasteiger partial charge < -0.3 is 34.1 Å². The number of cyclic esters (lactones) is 1. The number of ether oxygens (including phenoxy) is 2. The number of carbonyl (C=O) groups excluding carboxylic acids is 4. The Kier molecular flexibility index (Phi) is 14.2. The quantitative estimate of drug-likeness (QED) is 0.198. The zero-order chi connectivity index (χ0) is 45.2. The van der Waals surface area contributed by atoms with Gasteiger partial charge in [0.25, 0.3) is 5.91 Å².